The highest BCUT2D eigenvalue weighted by atomic mass is 16.6. The van der Waals surface area contributed by atoms with Crippen LogP contribution in [0.25, 0.3) is 0 Å². The first-order valence-corrected chi connectivity index (χ1v) is 4.49. The molecule has 0 N–H and O–H groups in total. The van der Waals surface area contributed by atoms with Gasteiger partial charge in [-0.15, -0.1) is 0 Å². The van der Waals surface area contributed by atoms with Crippen molar-refractivity contribution in [2.24, 2.45) is 5.92 Å². The summed E-state index contributed by atoms with van der Waals surface area (Å²) in [4.78, 5) is 31.7. The van der Waals surface area contributed by atoms with E-state index in [-0.39, 0.29) is 12.0 Å². The third kappa shape index (κ3) is 3.87. The van der Waals surface area contributed by atoms with Gasteiger partial charge in [-0.05, 0) is 6.08 Å². The molecule has 0 amide bonds. The second kappa shape index (κ2) is 5.88. The summed E-state index contributed by atoms with van der Waals surface area (Å²) in [7, 11) is 0. The van der Waals surface area contributed by atoms with Crippen molar-refractivity contribution in [2.75, 3.05) is 0 Å². The first-order valence-electron chi connectivity index (χ1n) is 4.49. The van der Waals surface area contributed by atoms with E-state index in [0.29, 0.717) is 0 Å². The SMILES string of the molecule is C=CC(=C=O)C(=O)C(C)CC(C)[N+](=O)[O-]. The molecule has 5 heteroatoms. The Morgan fingerprint density at radius 3 is 2.47 bits per heavy atom. The van der Waals surface area contributed by atoms with Crippen molar-refractivity contribution in [3.63, 3.8) is 0 Å². The Morgan fingerprint density at radius 1 is 1.60 bits per heavy atom. The van der Waals surface area contributed by atoms with Crippen LogP contribution in [0.2, 0.25) is 0 Å². The molecule has 0 saturated heterocycles. The fraction of sp³-hybridized carbons (Fsp3) is 0.500. The Hall–Kier alpha value is -1.74. The number of rotatable bonds is 6. The lowest BCUT2D eigenvalue weighted by Gasteiger charge is -2.10. The molecule has 0 radical (unpaired) electrons. The molecule has 0 aromatic heterocycles. The molecular formula is C10H13NO4. The Bertz CT molecular complexity index is 328. The lowest BCUT2D eigenvalue weighted by atomic mass is 9.94. The van der Waals surface area contributed by atoms with Gasteiger partial charge in [0, 0.05) is 24.2 Å². The zero-order chi connectivity index (χ0) is 12.0. The van der Waals surface area contributed by atoms with Crippen LogP contribution >= 0.6 is 0 Å². The average molecular weight is 211 g/mol. The maximum atomic E-state index is 11.5. The van der Waals surface area contributed by atoms with Crippen LogP contribution in [-0.2, 0) is 9.59 Å². The van der Waals surface area contributed by atoms with E-state index >= 15 is 0 Å². The molecule has 0 aromatic carbocycles. The molecule has 5 nitrogen and oxygen atoms in total. The van der Waals surface area contributed by atoms with Gasteiger partial charge >= 0.3 is 0 Å². The summed E-state index contributed by atoms with van der Waals surface area (Å²) in [5.41, 5.74) is -0.155. The molecule has 0 aliphatic carbocycles. The maximum Gasteiger partial charge on any atom is 0.211 e. The van der Waals surface area contributed by atoms with E-state index in [4.69, 9.17) is 0 Å². The minimum absolute atomic E-state index is 0.102. The Kier molecular flexibility index (Phi) is 5.20. The normalized spacial score (nSPS) is 13.5. The number of allylic oxidation sites excluding steroid dienone is 2. The van der Waals surface area contributed by atoms with Gasteiger partial charge in [0.05, 0.1) is 0 Å². The van der Waals surface area contributed by atoms with Gasteiger partial charge in [0.2, 0.25) is 6.04 Å². The predicted octanol–water partition coefficient (Wildman–Crippen LogP) is 1.19. The molecule has 0 bridgehead atoms. The number of ketones is 1. The molecule has 0 aliphatic heterocycles. The van der Waals surface area contributed by atoms with E-state index in [1.165, 1.54) is 12.9 Å². The van der Waals surface area contributed by atoms with Crippen molar-refractivity contribution in [3.05, 3.63) is 28.3 Å². The molecule has 0 rings (SSSR count). The number of carbonyl (C=O) groups is 1. The van der Waals surface area contributed by atoms with Crippen LogP contribution in [0.4, 0.5) is 0 Å². The lowest BCUT2D eigenvalue weighted by Crippen LogP contribution is -2.23. The van der Waals surface area contributed by atoms with Crippen LogP contribution in [-0.4, -0.2) is 22.7 Å². The number of hydrogen-bond acceptors (Lipinski definition) is 4. The summed E-state index contributed by atoms with van der Waals surface area (Å²) in [6.07, 6.45) is 1.22. The fourth-order valence-corrected chi connectivity index (χ4v) is 1.16. The lowest BCUT2D eigenvalue weighted by molar-refractivity contribution is -0.519. The highest BCUT2D eigenvalue weighted by molar-refractivity contribution is 6.05. The molecule has 0 aliphatic rings. The third-order valence-corrected chi connectivity index (χ3v) is 2.08. The van der Waals surface area contributed by atoms with Crippen molar-refractivity contribution in [3.8, 4) is 0 Å². The van der Waals surface area contributed by atoms with Crippen LogP contribution in [0, 0.1) is 16.0 Å². The Balaban J connectivity index is 4.53. The van der Waals surface area contributed by atoms with Crippen LogP contribution < -0.4 is 0 Å². The molecule has 2 atom stereocenters. The molecule has 0 aromatic rings. The summed E-state index contributed by atoms with van der Waals surface area (Å²) in [5.74, 6) is 0.444. The highest BCUT2D eigenvalue weighted by Crippen LogP contribution is 2.13. The summed E-state index contributed by atoms with van der Waals surface area (Å²) in [6.45, 7) is 6.26. The monoisotopic (exact) mass is 211 g/mol. The van der Waals surface area contributed by atoms with Crippen LogP contribution in [0.3, 0.4) is 0 Å². The average Bonchev–Trinajstić information content (AvgIpc) is 2.19. The second-order valence-corrected chi connectivity index (χ2v) is 3.36. The van der Waals surface area contributed by atoms with E-state index in [2.05, 4.69) is 6.58 Å². The zero-order valence-corrected chi connectivity index (χ0v) is 8.73. The van der Waals surface area contributed by atoms with Gasteiger partial charge in [0.1, 0.15) is 11.5 Å². The third-order valence-electron chi connectivity index (χ3n) is 2.08. The fourth-order valence-electron chi connectivity index (χ4n) is 1.16. The van der Waals surface area contributed by atoms with Gasteiger partial charge < -0.3 is 0 Å². The highest BCUT2D eigenvalue weighted by Gasteiger charge is 2.23. The van der Waals surface area contributed by atoms with Gasteiger partial charge in [-0.25, -0.2) is 4.79 Å². The number of carbonyl (C=O) groups excluding carboxylic acids is 2. The number of nitrogens with zero attached hydrogens (tertiary/aromatic N) is 1. The smallest absolute Gasteiger partial charge is 0.211 e. The molecule has 0 spiro atoms. The zero-order valence-electron chi connectivity index (χ0n) is 8.73. The molecule has 0 fully saturated rings. The first kappa shape index (κ1) is 13.3. The Morgan fingerprint density at radius 2 is 2.13 bits per heavy atom. The number of nitro groups is 1. The standard InChI is InChI=1S/C10H13NO4/c1-4-9(6-12)10(13)7(2)5-8(3)11(14)15/h4,7-8H,1,5H2,2-3H3. The molecule has 15 heavy (non-hydrogen) atoms. The van der Waals surface area contributed by atoms with Gasteiger partial charge in [0.25, 0.3) is 0 Å². The van der Waals surface area contributed by atoms with E-state index in [1.807, 2.05) is 0 Å². The minimum Gasteiger partial charge on any atom is -0.293 e. The van der Waals surface area contributed by atoms with E-state index in [9.17, 15) is 19.7 Å². The van der Waals surface area contributed by atoms with Crippen molar-refractivity contribution in [2.45, 2.75) is 26.3 Å². The van der Waals surface area contributed by atoms with Crippen LogP contribution in [0.1, 0.15) is 20.3 Å². The molecule has 0 heterocycles. The summed E-state index contributed by atoms with van der Waals surface area (Å²) in [6, 6.07) is -0.804. The van der Waals surface area contributed by atoms with Gasteiger partial charge in [-0.3, -0.25) is 14.9 Å². The van der Waals surface area contributed by atoms with Gasteiger partial charge in [-0.2, -0.15) is 0 Å². The topological polar surface area (TPSA) is 77.3 Å². The van der Waals surface area contributed by atoms with Crippen molar-refractivity contribution in [1.82, 2.24) is 0 Å². The van der Waals surface area contributed by atoms with Gasteiger partial charge in [-0.1, -0.05) is 13.5 Å². The second-order valence-electron chi connectivity index (χ2n) is 3.36. The van der Waals surface area contributed by atoms with Crippen LogP contribution in [0.15, 0.2) is 18.2 Å². The first-order chi connectivity index (χ1) is 6.93. The maximum absolute atomic E-state index is 11.5. The van der Waals surface area contributed by atoms with E-state index < -0.39 is 22.7 Å². The summed E-state index contributed by atoms with van der Waals surface area (Å²) >= 11 is 0. The molecule has 0 saturated carbocycles. The van der Waals surface area contributed by atoms with Crippen molar-refractivity contribution < 1.29 is 14.5 Å². The molecule has 2 unspecified atom stereocenters. The van der Waals surface area contributed by atoms with E-state index in [0.717, 1.165) is 6.08 Å². The molecular weight excluding hydrogens is 198 g/mol. The van der Waals surface area contributed by atoms with Crippen molar-refractivity contribution >= 4 is 11.7 Å². The Labute approximate surface area is 87.6 Å². The number of hydrogen-bond donors (Lipinski definition) is 0. The summed E-state index contributed by atoms with van der Waals surface area (Å²) < 4.78 is 0. The minimum atomic E-state index is -0.804. The quantitative estimate of drug-likeness (QED) is 0.217. The molecule has 82 valence electrons. The van der Waals surface area contributed by atoms with Crippen molar-refractivity contribution in [1.29, 1.82) is 0 Å². The largest absolute Gasteiger partial charge is 0.293 e. The van der Waals surface area contributed by atoms with Gasteiger partial charge in [0.15, 0.2) is 5.78 Å². The predicted molar refractivity (Wildman–Crippen MR) is 54.6 cm³/mol. The van der Waals surface area contributed by atoms with E-state index in [1.54, 1.807) is 6.92 Å². The number of Topliss-reactive ketones (excluding diaryl/α,β-unsaturated/α-hetero) is 1. The van der Waals surface area contributed by atoms with Crippen LogP contribution in [0.5, 0.6) is 0 Å². The summed E-state index contributed by atoms with van der Waals surface area (Å²) in [5, 5.41) is 10.4.